The maximum atomic E-state index is 12.5. The number of rotatable bonds is 7. The van der Waals surface area contributed by atoms with Gasteiger partial charge >= 0.3 is 0 Å². The van der Waals surface area contributed by atoms with Crippen molar-refractivity contribution in [1.82, 2.24) is 5.32 Å². The van der Waals surface area contributed by atoms with E-state index < -0.39 is 31.8 Å². The van der Waals surface area contributed by atoms with Crippen LogP contribution in [0.4, 0.5) is 5.69 Å². The zero-order chi connectivity index (χ0) is 21.1. The summed E-state index contributed by atoms with van der Waals surface area (Å²) in [5.74, 6) is -0.464. The lowest BCUT2D eigenvalue weighted by Gasteiger charge is -2.24. The number of sulfonamides is 1. The van der Waals surface area contributed by atoms with Crippen molar-refractivity contribution < 1.29 is 21.6 Å². The first-order valence-corrected chi connectivity index (χ1v) is 12.3. The molecule has 0 fully saturated rings. The second-order valence-electron chi connectivity index (χ2n) is 6.69. The summed E-state index contributed by atoms with van der Waals surface area (Å²) in [5, 5.41) is 2.75. The van der Waals surface area contributed by atoms with Crippen molar-refractivity contribution in [1.29, 1.82) is 0 Å². The van der Waals surface area contributed by atoms with Gasteiger partial charge in [-0.2, -0.15) is 0 Å². The lowest BCUT2D eigenvalue weighted by atomic mass is 10.1. The number of hydrogen-bond donors (Lipinski definition) is 1. The topological polar surface area (TPSA) is 101 Å². The van der Waals surface area contributed by atoms with Crippen LogP contribution in [0.25, 0.3) is 0 Å². The molecule has 0 saturated carbocycles. The molecule has 28 heavy (non-hydrogen) atoms. The molecule has 1 atom stereocenters. The molecule has 1 N–H and O–H groups in total. The fourth-order valence-corrected chi connectivity index (χ4v) is 4.27. The minimum absolute atomic E-state index is 0.192. The molecule has 0 aliphatic carbocycles. The molecule has 0 aromatic heterocycles. The molecule has 0 unspecified atom stereocenters. The van der Waals surface area contributed by atoms with E-state index in [2.05, 4.69) is 5.32 Å². The van der Waals surface area contributed by atoms with Gasteiger partial charge in [-0.1, -0.05) is 30.3 Å². The van der Waals surface area contributed by atoms with Gasteiger partial charge in [-0.25, -0.2) is 16.8 Å². The molecule has 9 heteroatoms. The molecule has 0 radical (unpaired) electrons. The van der Waals surface area contributed by atoms with E-state index in [-0.39, 0.29) is 11.4 Å². The van der Waals surface area contributed by atoms with Gasteiger partial charge in [-0.15, -0.1) is 0 Å². The van der Waals surface area contributed by atoms with Gasteiger partial charge < -0.3 is 5.32 Å². The van der Waals surface area contributed by atoms with Crippen LogP contribution >= 0.6 is 0 Å². The van der Waals surface area contributed by atoms with E-state index in [9.17, 15) is 21.6 Å². The number of carbonyl (C=O) groups excluding carboxylic acids is 1. The molecule has 2 aromatic rings. The molecule has 0 heterocycles. The number of carbonyl (C=O) groups is 1. The third-order valence-corrected chi connectivity index (χ3v) is 6.51. The third kappa shape index (κ3) is 5.56. The zero-order valence-electron chi connectivity index (χ0n) is 16.2. The van der Waals surface area contributed by atoms with Gasteiger partial charge in [-0.05, 0) is 43.2 Å². The number of para-hydroxylation sites is 1. The Hall–Kier alpha value is -2.39. The van der Waals surface area contributed by atoms with Crippen LogP contribution in [-0.2, 0) is 24.7 Å². The Balaban J connectivity index is 2.15. The number of anilines is 1. The average molecular weight is 425 g/mol. The van der Waals surface area contributed by atoms with Gasteiger partial charge in [0.25, 0.3) is 0 Å². The van der Waals surface area contributed by atoms with Crippen LogP contribution < -0.4 is 9.62 Å². The molecule has 0 aliphatic heterocycles. The molecular formula is C19H24N2O5S2. The van der Waals surface area contributed by atoms with Crippen LogP contribution in [0.3, 0.4) is 0 Å². The number of nitrogens with zero attached hydrogens (tertiary/aromatic N) is 1. The van der Waals surface area contributed by atoms with Crippen LogP contribution in [0.1, 0.15) is 24.1 Å². The molecule has 0 saturated heterocycles. The molecule has 2 rings (SSSR count). The SMILES string of the molecule is Cc1ccccc1N(CC(=O)N[C@H](C)c1ccc(S(C)(=O)=O)cc1)S(C)(=O)=O. The summed E-state index contributed by atoms with van der Waals surface area (Å²) >= 11 is 0. The highest BCUT2D eigenvalue weighted by molar-refractivity contribution is 7.92. The molecule has 152 valence electrons. The fourth-order valence-electron chi connectivity index (χ4n) is 2.73. The standard InChI is InChI=1S/C19H24N2O5S2/c1-14-7-5-6-8-18(14)21(28(4,25)26)13-19(22)20-15(2)16-9-11-17(12-10-16)27(3,23)24/h5-12,15H,13H2,1-4H3,(H,20,22)/t15-/m1/s1. The molecule has 2 aromatic carbocycles. The summed E-state index contributed by atoms with van der Waals surface area (Å²) in [6.07, 6.45) is 2.18. The van der Waals surface area contributed by atoms with Crippen LogP contribution in [0.2, 0.25) is 0 Å². The molecular weight excluding hydrogens is 400 g/mol. The number of hydrogen-bond acceptors (Lipinski definition) is 5. The number of amides is 1. The van der Waals surface area contributed by atoms with Gasteiger partial charge in [0.15, 0.2) is 9.84 Å². The Labute approximate surface area is 166 Å². The fraction of sp³-hybridized carbons (Fsp3) is 0.316. The smallest absolute Gasteiger partial charge is 0.241 e. The molecule has 0 aliphatic rings. The van der Waals surface area contributed by atoms with Crippen LogP contribution in [-0.4, -0.2) is 41.8 Å². The molecule has 7 nitrogen and oxygen atoms in total. The van der Waals surface area contributed by atoms with E-state index in [0.717, 1.165) is 22.4 Å². The summed E-state index contributed by atoms with van der Waals surface area (Å²) in [4.78, 5) is 12.7. The average Bonchev–Trinajstić information content (AvgIpc) is 2.59. The number of sulfone groups is 1. The Morgan fingerprint density at radius 3 is 2.07 bits per heavy atom. The van der Waals surface area contributed by atoms with E-state index in [1.165, 1.54) is 12.1 Å². The first kappa shape index (κ1) is 21.9. The van der Waals surface area contributed by atoms with Crippen molar-refractivity contribution in [2.45, 2.75) is 24.8 Å². The van der Waals surface area contributed by atoms with E-state index in [1.807, 2.05) is 0 Å². The maximum Gasteiger partial charge on any atom is 0.241 e. The molecule has 0 bridgehead atoms. The first-order valence-electron chi connectivity index (χ1n) is 8.52. The van der Waals surface area contributed by atoms with Crippen molar-refractivity contribution in [2.75, 3.05) is 23.4 Å². The quantitative estimate of drug-likeness (QED) is 0.733. The van der Waals surface area contributed by atoms with Gasteiger partial charge in [0.2, 0.25) is 15.9 Å². The number of aryl methyl sites for hydroxylation is 1. The Morgan fingerprint density at radius 1 is 1.00 bits per heavy atom. The van der Waals surface area contributed by atoms with E-state index in [0.29, 0.717) is 11.3 Å². The Bertz CT molecular complexity index is 1060. The molecule has 1 amide bonds. The van der Waals surface area contributed by atoms with Crippen molar-refractivity contribution in [2.24, 2.45) is 0 Å². The maximum absolute atomic E-state index is 12.5. The predicted molar refractivity (Wildman–Crippen MR) is 109 cm³/mol. The second kappa shape index (κ2) is 8.32. The van der Waals surface area contributed by atoms with Gasteiger partial charge in [0.05, 0.1) is 22.9 Å². The minimum atomic E-state index is -3.65. The number of nitrogens with one attached hydrogen (secondary N) is 1. The zero-order valence-corrected chi connectivity index (χ0v) is 17.8. The van der Waals surface area contributed by atoms with Crippen molar-refractivity contribution in [3.8, 4) is 0 Å². The third-order valence-electron chi connectivity index (χ3n) is 4.26. The summed E-state index contributed by atoms with van der Waals surface area (Å²) in [5.41, 5.74) is 1.90. The van der Waals surface area contributed by atoms with Gasteiger partial charge in [-0.3, -0.25) is 9.10 Å². The van der Waals surface area contributed by atoms with Crippen LogP contribution in [0.15, 0.2) is 53.4 Å². The monoisotopic (exact) mass is 424 g/mol. The van der Waals surface area contributed by atoms with Gasteiger partial charge in [0.1, 0.15) is 6.54 Å². The van der Waals surface area contributed by atoms with Crippen LogP contribution in [0, 0.1) is 6.92 Å². The summed E-state index contributed by atoms with van der Waals surface area (Å²) in [6.45, 7) is 3.17. The van der Waals surface area contributed by atoms with Gasteiger partial charge in [0, 0.05) is 6.26 Å². The van der Waals surface area contributed by atoms with E-state index in [4.69, 9.17) is 0 Å². The summed E-state index contributed by atoms with van der Waals surface area (Å²) < 4.78 is 48.5. The highest BCUT2D eigenvalue weighted by Crippen LogP contribution is 2.22. The highest BCUT2D eigenvalue weighted by atomic mass is 32.2. The molecule has 0 spiro atoms. The highest BCUT2D eigenvalue weighted by Gasteiger charge is 2.23. The lowest BCUT2D eigenvalue weighted by molar-refractivity contribution is -0.120. The van der Waals surface area contributed by atoms with E-state index >= 15 is 0 Å². The normalized spacial score (nSPS) is 13.0. The summed E-state index contributed by atoms with van der Waals surface area (Å²) in [7, 11) is -6.95. The van der Waals surface area contributed by atoms with Crippen molar-refractivity contribution in [3.05, 3.63) is 59.7 Å². The summed E-state index contributed by atoms with van der Waals surface area (Å²) in [6, 6.07) is 12.7. The number of benzene rings is 2. The predicted octanol–water partition coefficient (Wildman–Crippen LogP) is 2.04. The van der Waals surface area contributed by atoms with Crippen molar-refractivity contribution >= 4 is 31.5 Å². The lowest BCUT2D eigenvalue weighted by Crippen LogP contribution is -2.41. The first-order chi connectivity index (χ1) is 12.9. The van der Waals surface area contributed by atoms with Crippen molar-refractivity contribution in [3.63, 3.8) is 0 Å². The van der Waals surface area contributed by atoms with Crippen LogP contribution in [0.5, 0.6) is 0 Å². The Kier molecular flexibility index (Phi) is 6.51. The second-order valence-corrected chi connectivity index (χ2v) is 10.6. The minimum Gasteiger partial charge on any atom is -0.348 e. The van der Waals surface area contributed by atoms with E-state index in [1.54, 1.807) is 50.2 Å². The largest absolute Gasteiger partial charge is 0.348 e. The Morgan fingerprint density at radius 2 is 1.57 bits per heavy atom.